The lowest BCUT2D eigenvalue weighted by Crippen LogP contribution is -2.05. The molecule has 0 spiro atoms. The molecule has 6 heteroatoms. The quantitative estimate of drug-likeness (QED) is 0.274. The molecule has 2 rings (SSSR count). The highest BCUT2D eigenvalue weighted by Gasteiger charge is 2.11. The number of rotatable bonds is 5. The van der Waals surface area contributed by atoms with E-state index >= 15 is 0 Å². The molecule has 0 fully saturated rings. The van der Waals surface area contributed by atoms with Crippen molar-refractivity contribution in [3.63, 3.8) is 0 Å². The first-order valence-corrected chi connectivity index (χ1v) is 6.70. The minimum Gasteiger partial charge on any atom is -0.496 e. The molecule has 0 aliphatic carbocycles. The zero-order chi connectivity index (χ0) is 15.9. The van der Waals surface area contributed by atoms with Gasteiger partial charge in [0.25, 0.3) is 0 Å². The summed E-state index contributed by atoms with van der Waals surface area (Å²) in [6, 6.07) is 11.5. The van der Waals surface area contributed by atoms with Crippen LogP contribution in [0, 0.1) is 0 Å². The maximum atomic E-state index is 11.8. The summed E-state index contributed by atoms with van der Waals surface area (Å²) in [4.78, 5) is 14.5. The molecule has 0 saturated carbocycles. The molecule has 2 aromatic rings. The van der Waals surface area contributed by atoms with Crippen LogP contribution in [0.15, 0.2) is 47.2 Å². The molecule has 0 aromatic heterocycles. The van der Waals surface area contributed by atoms with E-state index in [1.165, 1.54) is 6.08 Å². The predicted molar refractivity (Wildman–Crippen MR) is 84.3 cm³/mol. The molecular formula is C16H15N3O3. The molecule has 0 saturated heterocycles. The molecule has 0 unspecified atom stereocenters. The van der Waals surface area contributed by atoms with E-state index in [1.807, 2.05) is 36.4 Å². The Morgan fingerprint density at radius 3 is 2.59 bits per heavy atom. The van der Waals surface area contributed by atoms with Crippen LogP contribution in [0.25, 0.3) is 27.3 Å². The van der Waals surface area contributed by atoms with Crippen molar-refractivity contribution in [2.24, 2.45) is 5.11 Å². The molecule has 112 valence electrons. The van der Waals surface area contributed by atoms with Crippen LogP contribution in [-0.2, 0) is 9.53 Å². The fraction of sp³-hybridized carbons (Fsp3) is 0.188. The highest BCUT2D eigenvalue weighted by molar-refractivity contribution is 5.95. The summed E-state index contributed by atoms with van der Waals surface area (Å²) >= 11 is 0. The van der Waals surface area contributed by atoms with E-state index in [9.17, 15) is 4.79 Å². The Hall–Kier alpha value is -2.98. The van der Waals surface area contributed by atoms with Gasteiger partial charge < -0.3 is 9.47 Å². The molecule has 0 N–H and O–H groups in total. The van der Waals surface area contributed by atoms with E-state index in [-0.39, 0.29) is 12.3 Å². The molecule has 2 aromatic carbocycles. The number of nitrogens with zero attached hydrogens (tertiary/aromatic N) is 3. The number of esters is 1. The summed E-state index contributed by atoms with van der Waals surface area (Å²) in [6.45, 7) is 1.88. The number of fused-ring (bicyclic) bond motifs is 1. The minimum atomic E-state index is -0.671. The Bertz CT molecular complexity index is 777. The normalized spacial score (nSPS) is 10.9. The molecule has 0 bridgehead atoms. The molecule has 0 aliphatic rings. The van der Waals surface area contributed by atoms with E-state index in [2.05, 4.69) is 10.0 Å². The van der Waals surface area contributed by atoms with Crippen LogP contribution in [0.5, 0.6) is 5.75 Å². The average Bonchev–Trinajstić information content (AvgIpc) is 2.54. The van der Waals surface area contributed by atoms with Crippen molar-refractivity contribution in [1.82, 2.24) is 0 Å². The summed E-state index contributed by atoms with van der Waals surface area (Å²) in [5.41, 5.74) is 9.13. The van der Waals surface area contributed by atoms with Gasteiger partial charge in [0.2, 0.25) is 0 Å². The van der Waals surface area contributed by atoms with Crippen molar-refractivity contribution in [1.29, 1.82) is 0 Å². The molecule has 22 heavy (non-hydrogen) atoms. The van der Waals surface area contributed by atoms with Crippen molar-refractivity contribution in [2.75, 3.05) is 13.7 Å². The Balaban J connectivity index is 2.57. The van der Waals surface area contributed by atoms with Crippen LogP contribution in [0.3, 0.4) is 0 Å². The van der Waals surface area contributed by atoms with Gasteiger partial charge in [-0.3, -0.25) is 0 Å². The van der Waals surface area contributed by atoms with Crippen LogP contribution in [0.2, 0.25) is 0 Å². The SMILES string of the molecule is CCOC(=O)/C(=C/c1cc2ccccc2cc1OC)N=[N+]=[N-]. The smallest absolute Gasteiger partial charge is 0.340 e. The van der Waals surface area contributed by atoms with E-state index < -0.39 is 5.97 Å². The molecule has 6 nitrogen and oxygen atoms in total. The van der Waals surface area contributed by atoms with Gasteiger partial charge in [-0.1, -0.05) is 29.4 Å². The van der Waals surface area contributed by atoms with Crippen molar-refractivity contribution in [3.8, 4) is 5.75 Å². The van der Waals surface area contributed by atoms with Crippen LogP contribution in [0.1, 0.15) is 12.5 Å². The maximum absolute atomic E-state index is 11.8. The van der Waals surface area contributed by atoms with Crippen molar-refractivity contribution in [2.45, 2.75) is 6.92 Å². The lowest BCUT2D eigenvalue weighted by atomic mass is 10.0. The van der Waals surface area contributed by atoms with Gasteiger partial charge in [-0.25, -0.2) is 4.79 Å². The number of carbonyl (C=O) groups is 1. The number of ether oxygens (including phenoxy) is 2. The monoisotopic (exact) mass is 297 g/mol. The number of carbonyl (C=O) groups excluding carboxylic acids is 1. The zero-order valence-corrected chi connectivity index (χ0v) is 12.3. The van der Waals surface area contributed by atoms with Crippen molar-refractivity contribution >= 4 is 22.8 Å². The number of methoxy groups -OCH3 is 1. The van der Waals surface area contributed by atoms with Crippen LogP contribution >= 0.6 is 0 Å². The number of benzene rings is 2. The summed E-state index contributed by atoms with van der Waals surface area (Å²) in [5.74, 6) is -0.0934. The molecular weight excluding hydrogens is 282 g/mol. The third-order valence-electron chi connectivity index (χ3n) is 3.03. The molecule has 0 atom stereocenters. The lowest BCUT2D eigenvalue weighted by Gasteiger charge is -2.08. The summed E-state index contributed by atoms with van der Waals surface area (Å²) in [5, 5.41) is 5.40. The predicted octanol–water partition coefficient (Wildman–Crippen LogP) is 4.06. The van der Waals surface area contributed by atoms with E-state index in [4.69, 9.17) is 15.0 Å². The van der Waals surface area contributed by atoms with E-state index in [0.29, 0.717) is 11.3 Å². The number of hydrogen-bond donors (Lipinski definition) is 0. The van der Waals surface area contributed by atoms with Crippen molar-refractivity contribution in [3.05, 3.63) is 58.1 Å². The standard InChI is InChI=1S/C16H15N3O3/c1-3-22-16(20)14(18-19-17)9-13-8-11-6-4-5-7-12(11)10-15(13)21-2/h4-10H,3H2,1-2H3/b14-9-. The third kappa shape index (κ3) is 3.37. The van der Waals surface area contributed by atoms with Crippen molar-refractivity contribution < 1.29 is 14.3 Å². The number of azide groups is 1. The largest absolute Gasteiger partial charge is 0.496 e. The molecule has 0 radical (unpaired) electrons. The van der Waals surface area contributed by atoms with Gasteiger partial charge in [0, 0.05) is 10.5 Å². The van der Waals surface area contributed by atoms with E-state index in [0.717, 1.165) is 10.8 Å². The molecule has 0 amide bonds. The van der Waals surface area contributed by atoms with Gasteiger partial charge >= 0.3 is 5.97 Å². The highest BCUT2D eigenvalue weighted by atomic mass is 16.5. The number of hydrogen-bond acceptors (Lipinski definition) is 4. The first kappa shape index (κ1) is 15.4. The van der Waals surface area contributed by atoms with Crippen LogP contribution < -0.4 is 4.74 Å². The van der Waals surface area contributed by atoms with Crippen LogP contribution in [-0.4, -0.2) is 19.7 Å². The topological polar surface area (TPSA) is 84.3 Å². The van der Waals surface area contributed by atoms with Gasteiger partial charge in [0.05, 0.1) is 13.7 Å². The Kier molecular flexibility index (Phi) is 5.01. The average molecular weight is 297 g/mol. The molecule has 0 heterocycles. The highest BCUT2D eigenvalue weighted by Crippen LogP contribution is 2.28. The second-order valence-corrected chi connectivity index (χ2v) is 4.38. The zero-order valence-electron chi connectivity index (χ0n) is 12.3. The van der Waals surface area contributed by atoms with Gasteiger partial charge in [-0.2, -0.15) is 0 Å². The van der Waals surface area contributed by atoms with Crippen LogP contribution in [0.4, 0.5) is 0 Å². The first-order chi connectivity index (χ1) is 10.7. The Morgan fingerprint density at radius 2 is 2.00 bits per heavy atom. The lowest BCUT2D eigenvalue weighted by molar-refractivity contribution is -0.138. The fourth-order valence-corrected chi connectivity index (χ4v) is 2.06. The summed E-state index contributed by atoms with van der Waals surface area (Å²) < 4.78 is 10.2. The Morgan fingerprint density at radius 1 is 1.32 bits per heavy atom. The van der Waals surface area contributed by atoms with Gasteiger partial charge in [0.1, 0.15) is 11.4 Å². The van der Waals surface area contributed by atoms with Gasteiger partial charge in [0.15, 0.2) is 0 Å². The summed E-state index contributed by atoms with van der Waals surface area (Å²) in [6.07, 6.45) is 1.46. The second kappa shape index (κ2) is 7.15. The first-order valence-electron chi connectivity index (χ1n) is 6.70. The van der Waals surface area contributed by atoms with E-state index in [1.54, 1.807) is 14.0 Å². The van der Waals surface area contributed by atoms with Gasteiger partial charge in [-0.05, 0) is 41.4 Å². The third-order valence-corrected chi connectivity index (χ3v) is 3.03. The second-order valence-electron chi connectivity index (χ2n) is 4.38. The fourth-order valence-electron chi connectivity index (χ4n) is 2.06. The molecule has 0 aliphatic heterocycles. The minimum absolute atomic E-state index is 0.113. The summed E-state index contributed by atoms with van der Waals surface area (Å²) in [7, 11) is 1.54. The van der Waals surface area contributed by atoms with Gasteiger partial charge in [-0.15, -0.1) is 0 Å². The maximum Gasteiger partial charge on any atom is 0.340 e. The Labute approximate surface area is 127 Å².